The predicted octanol–water partition coefficient (Wildman–Crippen LogP) is 2.30. The van der Waals surface area contributed by atoms with Gasteiger partial charge in [0.2, 0.25) is 21.7 Å². The van der Waals surface area contributed by atoms with Crippen LogP contribution in [0.3, 0.4) is 0 Å². The lowest BCUT2D eigenvalue weighted by Gasteiger charge is -2.30. The van der Waals surface area contributed by atoms with Crippen molar-refractivity contribution in [1.82, 2.24) is 14.6 Å². The van der Waals surface area contributed by atoms with Gasteiger partial charge in [-0.25, -0.2) is 21.7 Å². The predicted molar refractivity (Wildman–Crippen MR) is 108 cm³/mol. The van der Waals surface area contributed by atoms with Crippen LogP contribution in [-0.4, -0.2) is 60.0 Å². The van der Waals surface area contributed by atoms with Crippen LogP contribution in [0.25, 0.3) is 0 Å². The summed E-state index contributed by atoms with van der Waals surface area (Å²) in [5.41, 5.74) is 0.583. The molecule has 13 heteroatoms. The number of piperidine rings is 1. The quantitative estimate of drug-likeness (QED) is 0.243. The molecule has 0 aliphatic carbocycles. The number of nitrogens with one attached hydrogen (secondary N) is 2. The molecule has 1 aromatic heterocycles. The molecule has 1 atom stereocenters. The Balaban J connectivity index is 1.67. The van der Waals surface area contributed by atoms with Gasteiger partial charge >= 0.3 is 0 Å². The fourth-order valence-electron chi connectivity index (χ4n) is 3.04. The number of benzene rings is 1. The van der Waals surface area contributed by atoms with E-state index in [-0.39, 0.29) is 27.7 Å². The molecule has 0 radical (unpaired) electrons. The lowest BCUT2D eigenvalue weighted by Crippen LogP contribution is -2.41. The molecule has 2 heterocycles. The number of amidine groups is 1. The first-order valence-corrected chi connectivity index (χ1v) is 11.4. The second-order valence-electron chi connectivity index (χ2n) is 6.67. The van der Waals surface area contributed by atoms with Crippen molar-refractivity contribution in [2.45, 2.75) is 12.8 Å². The van der Waals surface area contributed by atoms with Gasteiger partial charge in [-0.3, -0.25) is 0 Å². The molecule has 1 saturated heterocycles. The Morgan fingerprint density at radius 3 is 2.97 bits per heavy atom. The highest BCUT2D eigenvalue weighted by molar-refractivity contribution is 9.10. The third kappa shape index (κ3) is 5.42. The number of rotatable bonds is 6. The van der Waals surface area contributed by atoms with E-state index in [1.165, 1.54) is 28.8 Å². The Hall–Kier alpha value is -2.25. The maximum atomic E-state index is 13.4. The van der Waals surface area contributed by atoms with Crippen molar-refractivity contribution >= 4 is 43.3 Å². The molecule has 1 fully saturated rings. The van der Waals surface area contributed by atoms with Gasteiger partial charge in [0.25, 0.3) is 0 Å². The molecule has 3 N–H and O–H groups in total. The molecule has 1 aromatic carbocycles. The molecule has 0 spiro atoms. The van der Waals surface area contributed by atoms with E-state index >= 15 is 0 Å². The van der Waals surface area contributed by atoms with Crippen molar-refractivity contribution in [1.29, 1.82) is 0 Å². The Morgan fingerprint density at radius 2 is 2.28 bits per heavy atom. The summed E-state index contributed by atoms with van der Waals surface area (Å²) in [6.45, 7) is 1.37. The zero-order valence-corrected chi connectivity index (χ0v) is 17.9. The molecule has 3 rings (SSSR count). The van der Waals surface area contributed by atoms with Gasteiger partial charge in [0.1, 0.15) is 5.82 Å². The van der Waals surface area contributed by atoms with Crippen molar-refractivity contribution in [3.05, 3.63) is 34.2 Å². The zero-order chi connectivity index (χ0) is 21.0. The van der Waals surface area contributed by atoms with Gasteiger partial charge in [-0.2, -0.15) is 0 Å². The van der Waals surface area contributed by atoms with Crippen molar-refractivity contribution in [2.75, 3.05) is 36.5 Å². The van der Waals surface area contributed by atoms with E-state index in [1.54, 1.807) is 0 Å². The van der Waals surface area contributed by atoms with Crippen LogP contribution < -0.4 is 10.6 Å². The summed E-state index contributed by atoms with van der Waals surface area (Å²) < 4.78 is 43.4. The van der Waals surface area contributed by atoms with E-state index in [0.717, 1.165) is 12.8 Å². The molecule has 1 unspecified atom stereocenters. The highest BCUT2D eigenvalue weighted by Gasteiger charge is 2.26. The van der Waals surface area contributed by atoms with Crippen molar-refractivity contribution < 1.29 is 22.6 Å². The summed E-state index contributed by atoms with van der Waals surface area (Å²) in [5.74, 6) is -0.158. The first kappa shape index (κ1) is 21.5. The molecule has 2 aromatic rings. The van der Waals surface area contributed by atoms with Gasteiger partial charge in [-0.15, -0.1) is 0 Å². The second-order valence-corrected chi connectivity index (χ2v) is 9.51. The highest BCUT2D eigenvalue weighted by atomic mass is 79.9. The Labute approximate surface area is 175 Å². The van der Waals surface area contributed by atoms with Crippen LogP contribution in [0.2, 0.25) is 0 Å². The van der Waals surface area contributed by atoms with Gasteiger partial charge in [0.05, 0.1) is 10.7 Å². The van der Waals surface area contributed by atoms with E-state index in [2.05, 4.69) is 42.0 Å². The second kappa shape index (κ2) is 9.05. The summed E-state index contributed by atoms with van der Waals surface area (Å²) in [5, 5.41) is 26.0. The fourth-order valence-corrected chi connectivity index (χ4v) is 4.36. The van der Waals surface area contributed by atoms with E-state index in [0.29, 0.717) is 25.3 Å². The van der Waals surface area contributed by atoms with Gasteiger partial charge in [-0.05, 0) is 63.2 Å². The third-order valence-corrected chi connectivity index (χ3v) is 6.38. The largest absolute Gasteiger partial charge is 0.409 e. The number of oxime groups is 1. The highest BCUT2D eigenvalue weighted by Crippen LogP contribution is 2.23. The number of hydrogen-bond acceptors (Lipinski definition) is 8. The average Bonchev–Trinajstić information content (AvgIpc) is 3.15. The first-order valence-electron chi connectivity index (χ1n) is 8.74. The number of sulfonamides is 1. The summed E-state index contributed by atoms with van der Waals surface area (Å²) in [6, 6.07) is 4.19. The standard InChI is InChI=1S/C16H20BrFN6O4S/c1-29(26,27)24-6-2-3-10(9-24)8-19-15-14(22-28-23-15)16(21-25)20-11-4-5-13(18)12(17)7-11/h4-5,7,10,25H,2-3,6,8-9H2,1H3,(H,19,23)(H,20,21). The van der Waals surface area contributed by atoms with Crippen molar-refractivity contribution in [2.24, 2.45) is 11.1 Å². The SMILES string of the molecule is CS(=O)(=O)N1CCCC(CNc2nonc2/C(=N/O)Nc2ccc(F)c(Br)c2)C1. The number of nitrogens with zero attached hydrogens (tertiary/aromatic N) is 4. The minimum absolute atomic E-state index is 0.0475. The van der Waals surface area contributed by atoms with E-state index < -0.39 is 15.8 Å². The summed E-state index contributed by atoms with van der Waals surface area (Å²) in [4.78, 5) is 0. The molecule has 0 amide bonds. The maximum absolute atomic E-state index is 13.4. The van der Waals surface area contributed by atoms with Crippen LogP contribution >= 0.6 is 15.9 Å². The molecule has 1 aliphatic heterocycles. The monoisotopic (exact) mass is 490 g/mol. The minimum Gasteiger partial charge on any atom is -0.409 e. The number of halogens is 2. The third-order valence-electron chi connectivity index (χ3n) is 4.50. The summed E-state index contributed by atoms with van der Waals surface area (Å²) in [6.07, 6.45) is 2.84. The topological polar surface area (TPSA) is 133 Å². The van der Waals surface area contributed by atoms with Gasteiger partial charge in [-0.1, -0.05) is 5.16 Å². The van der Waals surface area contributed by atoms with Crippen LogP contribution in [0.15, 0.2) is 32.5 Å². The molecule has 29 heavy (non-hydrogen) atoms. The van der Waals surface area contributed by atoms with Gasteiger partial charge in [0.15, 0.2) is 5.69 Å². The Bertz CT molecular complexity index is 999. The smallest absolute Gasteiger partial charge is 0.211 e. The van der Waals surface area contributed by atoms with Gasteiger partial charge in [0, 0.05) is 25.3 Å². The summed E-state index contributed by atoms with van der Waals surface area (Å²) >= 11 is 3.09. The van der Waals surface area contributed by atoms with Crippen LogP contribution in [-0.2, 0) is 10.0 Å². The first-order chi connectivity index (χ1) is 13.8. The molecule has 0 saturated carbocycles. The molecule has 0 bridgehead atoms. The zero-order valence-electron chi connectivity index (χ0n) is 15.5. The molecular formula is C16H20BrFN6O4S. The van der Waals surface area contributed by atoms with Crippen LogP contribution in [0.5, 0.6) is 0 Å². The number of hydrogen-bond donors (Lipinski definition) is 3. The number of aromatic nitrogens is 2. The Kier molecular flexibility index (Phi) is 6.70. The van der Waals surface area contributed by atoms with Crippen molar-refractivity contribution in [3.63, 3.8) is 0 Å². The van der Waals surface area contributed by atoms with E-state index in [1.807, 2.05) is 0 Å². The lowest BCUT2D eigenvalue weighted by molar-refractivity contribution is 0.276. The van der Waals surface area contributed by atoms with E-state index in [9.17, 15) is 18.0 Å². The maximum Gasteiger partial charge on any atom is 0.211 e. The normalized spacial score (nSPS) is 18.6. The van der Waals surface area contributed by atoms with Crippen LogP contribution in [0, 0.1) is 11.7 Å². The Morgan fingerprint density at radius 1 is 1.48 bits per heavy atom. The summed E-state index contributed by atoms with van der Waals surface area (Å²) in [7, 11) is -3.23. The molecular weight excluding hydrogens is 471 g/mol. The van der Waals surface area contributed by atoms with E-state index in [4.69, 9.17) is 4.63 Å². The fraction of sp³-hybridized carbons (Fsp3) is 0.438. The number of anilines is 2. The van der Waals surface area contributed by atoms with Crippen LogP contribution in [0.1, 0.15) is 18.5 Å². The minimum atomic E-state index is -3.23. The lowest BCUT2D eigenvalue weighted by atomic mass is 10.00. The van der Waals surface area contributed by atoms with Crippen LogP contribution in [0.4, 0.5) is 15.9 Å². The molecule has 10 nitrogen and oxygen atoms in total. The van der Waals surface area contributed by atoms with Crippen molar-refractivity contribution in [3.8, 4) is 0 Å². The molecule has 158 valence electrons. The average molecular weight is 491 g/mol. The van der Waals surface area contributed by atoms with Gasteiger partial charge < -0.3 is 15.8 Å². The molecule has 1 aliphatic rings.